The fraction of sp³-hybridized carbons (Fsp3) is 0.529. The molecule has 21 heavy (non-hydrogen) atoms. The highest BCUT2D eigenvalue weighted by Crippen LogP contribution is 2.27. The highest BCUT2D eigenvalue weighted by Gasteiger charge is 2.20. The molecule has 2 aromatic rings. The first kappa shape index (κ1) is 14.6. The number of hydrogen-bond donors (Lipinski definition) is 1. The van der Waals surface area contributed by atoms with E-state index in [0.717, 1.165) is 37.6 Å². The minimum atomic E-state index is 0.390. The van der Waals surface area contributed by atoms with Gasteiger partial charge in [-0.2, -0.15) is 0 Å². The first-order chi connectivity index (χ1) is 10.3. The largest absolute Gasteiger partial charge is 0.459 e. The summed E-state index contributed by atoms with van der Waals surface area (Å²) in [6.07, 6.45) is 2.76. The van der Waals surface area contributed by atoms with E-state index in [9.17, 15) is 0 Å². The number of fused-ring (bicyclic) bond motifs is 1. The molecular formula is C17H24N2O2. The standard InChI is InChI=1S/C17H24N2O2/c1-18-10-17-15(14-7-3-4-8-16(14)21-17)12-19(2)11-13-6-5-9-20-13/h3-4,7-8,13,18H,5-6,9-12H2,1-2H3. The molecule has 1 N–H and O–H groups in total. The Balaban J connectivity index is 1.78. The highest BCUT2D eigenvalue weighted by atomic mass is 16.5. The predicted molar refractivity (Wildman–Crippen MR) is 84.3 cm³/mol. The van der Waals surface area contributed by atoms with E-state index >= 15 is 0 Å². The number of para-hydroxylation sites is 1. The topological polar surface area (TPSA) is 37.6 Å². The van der Waals surface area contributed by atoms with Crippen molar-refractivity contribution in [3.63, 3.8) is 0 Å². The van der Waals surface area contributed by atoms with Crippen molar-refractivity contribution in [2.24, 2.45) is 0 Å². The van der Waals surface area contributed by atoms with E-state index < -0.39 is 0 Å². The minimum Gasteiger partial charge on any atom is -0.459 e. The number of hydrogen-bond acceptors (Lipinski definition) is 4. The molecule has 4 nitrogen and oxygen atoms in total. The molecule has 0 saturated carbocycles. The van der Waals surface area contributed by atoms with Gasteiger partial charge in [-0.05, 0) is 33.0 Å². The van der Waals surface area contributed by atoms with Crippen LogP contribution in [0.5, 0.6) is 0 Å². The van der Waals surface area contributed by atoms with Gasteiger partial charge >= 0.3 is 0 Å². The quantitative estimate of drug-likeness (QED) is 0.887. The molecule has 1 aliphatic rings. The lowest BCUT2D eigenvalue weighted by Crippen LogP contribution is -2.28. The van der Waals surface area contributed by atoms with E-state index in [1.165, 1.54) is 23.8 Å². The number of benzene rings is 1. The lowest BCUT2D eigenvalue weighted by Gasteiger charge is -2.20. The minimum absolute atomic E-state index is 0.390. The summed E-state index contributed by atoms with van der Waals surface area (Å²) in [5.74, 6) is 1.04. The zero-order valence-corrected chi connectivity index (χ0v) is 12.9. The molecule has 2 heterocycles. The average Bonchev–Trinajstić information content (AvgIpc) is 3.08. The molecule has 1 aromatic carbocycles. The van der Waals surface area contributed by atoms with Crippen LogP contribution in [0.1, 0.15) is 24.2 Å². The number of ether oxygens (including phenoxy) is 1. The molecule has 114 valence electrons. The third kappa shape index (κ3) is 3.28. The zero-order chi connectivity index (χ0) is 14.7. The lowest BCUT2D eigenvalue weighted by molar-refractivity contribution is 0.0792. The first-order valence-corrected chi connectivity index (χ1v) is 7.72. The van der Waals surface area contributed by atoms with E-state index in [-0.39, 0.29) is 0 Å². The number of nitrogens with one attached hydrogen (secondary N) is 1. The second-order valence-corrected chi connectivity index (χ2v) is 5.86. The van der Waals surface area contributed by atoms with E-state index in [1.54, 1.807) is 0 Å². The van der Waals surface area contributed by atoms with Crippen molar-refractivity contribution in [1.29, 1.82) is 0 Å². The van der Waals surface area contributed by atoms with Gasteiger partial charge in [-0.25, -0.2) is 0 Å². The second kappa shape index (κ2) is 6.60. The molecule has 3 rings (SSSR count). The Morgan fingerprint density at radius 2 is 2.19 bits per heavy atom. The summed E-state index contributed by atoms with van der Waals surface area (Å²) in [6, 6.07) is 8.28. The fourth-order valence-electron chi connectivity index (χ4n) is 3.10. The SMILES string of the molecule is CNCc1oc2ccccc2c1CN(C)CC1CCCO1. The van der Waals surface area contributed by atoms with Gasteiger partial charge < -0.3 is 14.5 Å². The average molecular weight is 288 g/mol. The van der Waals surface area contributed by atoms with Crippen molar-refractivity contribution >= 4 is 11.0 Å². The molecular weight excluding hydrogens is 264 g/mol. The van der Waals surface area contributed by atoms with Crippen molar-refractivity contribution in [2.45, 2.75) is 32.0 Å². The lowest BCUT2D eigenvalue weighted by atomic mass is 10.1. The van der Waals surface area contributed by atoms with Gasteiger partial charge in [0.15, 0.2) is 0 Å². The van der Waals surface area contributed by atoms with E-state index in [4.69, 9.17) is 9.15 Å². The molecule has 1 saturated heterocycles. The smallest absolute Gasteiger partial charge is 0.134 e. The van der Waals surface area contributed by atoms with Crippen molar-refractivity contribution in [3.8, 4) is 0 Å². The maximum Gasteiger partial charge on any atom is 0.134 e. The molecule has 0 amide bonds. The van der Waals surface area contributed by atoms with Gasteiger partial charge in [-0.1, -0.05) is 18.2 Å². The van der Waals surface area contributed by atoms with E-state index in [0.29, 0.717) is 6.10 Å². The molecule has 0 aliphatic carbocycles. The molecule has 4 heteroatoms. The Kier molecular flexibility index (Phi) is 4.58. The van der Waals surface area contributed by atoms with E-state index in [2.05, 4.69) is 29.4 Å². The maximum atomic E-state index is 5.99. The molecule has 1 fully saturated rings. The monoisotopic (exact) mass is 288 g/mol. The van der Waals surface area contributed by atoms with Crippen LogP contribution in [0.4, 0.5) is 0 Å². The van der Waals surface area contributed by atoms with Gasteiger partial charge in [0.05, 0.1) is 12.6 Å². The number of furan rings is 1. The Morgan fingerprint density at radius 3 is 2.95 bits per heavy atom. The summed E-state index contributed by atoms with van der Waals surface area (Å²) in [5.41, 5.74) is 2.27. The molecule has 1 aliphatic heterocycles. The Bertz CT molecular complexity index is 587. The van der Waals surface area contributed by atoms with Crippen molar-refractivity contribution in [2.75, 3.05) is 27.2 Å². The van der Waals surface area contributed by atoms with Crippen LogP contribution in [0.3, 0.4) is 0 Å². The van der Waals surface area contributed by atoms with Gasteiger partial charge in [0.2, 0.25) is 0 Å². The van der Waals surface area contributed by atoms with Gasteiger partial charge in [0, 0.05) is 30.6 Å². The fourth-order valence-corrected chi connectivity index (χ4v) is 3.10. The van der Waals surface area contributed by atoms with Gasteiger partial charge in [-0.15, -0.1) is 0 Å². The summed E-state index contributed by atoms with van der Waals surface area (Å²) in [4.78, 5) is 2.34. The maximum absolute atomic E-state index is 5.99. The normalized spacial score (nSPS) is 18.9. The summed E-state index contributed by atoms with van der Waals surface area (Å²) in [6.45, 7) is 3.56. The van der Waals surface area contributed by atoms with Gasteiger partial charge in [0.25, 0.3) is 0 Å². The number of nitrogens with zero attached hydrogens (tertiary/aromatic N) is 1. The predicted octanol–water partition coefficient (Wildman–Crippen LogP) is 2.76. The van der Waals surface area contributed by atoms with Crippen LogP contribution in [0.2, 0.25) is 0 Å². The Hall–Kier alpha value is -1.36. The second-order valence-electron chi connectivity index (χ2n) is 5.86. The van der Waals surface area contributed by atoms with Crippen molar-refractivity contribution in [3.05, 3.63) is 35.6 Å². The summed E-state index contributed by atoms with van der Waals surface area (Å²) in [5, 5.41) is 4.42. The first-order valence-electron chi connectivity index (χ1n) is 7.72. The Morgan fingerprint density at radius 1 is 1.33 bits per heavy atom. The van der Waals surface area contributed by atoms with Crippen LogP contribution in [0.25, 0.3) is 11.0 Å². The molecule has 1 aromatic heterocycles. The number of rotatable bonds is 6. The zero-order valence-electron chi connectivity index (χ0n) is 12.9. The van der Waals surface area contributed by atoms with Crippen LogP contribution in [-0.4, -0.2) is 38.3 Å². The summed E-state index contributed by atoms with van der Waals surface area (Å²) >= 11 is 0. The number of likely N-dealkylation sites (N-methyl/N-ethyl adjacent to an activating group) is 1. The third-order valence-electron chi connectivity index (χ3n) is 4.09. The molecule has 0 bridgehead atoms. The van der Waals surface area contributed by atoms with E-state index in [1.807, 2.05) is 19.2 Å². The van der Waals surface area contributed by atoms with Gasteiger partial charge in [0.1, 0.15) is 11.3 Å². The van der Waals surface area contributed by atoms with Crippen LogP contribution in [0, 0.1) is 0 Å². The molecule has 0 radical (unpaired) electrons. The van der Waals surface area contributed by atoms with Crippen LogP contribution < -0.4 is 5.32 Å². The van der Waals surface area contributed by atoms with Crippen LogP contribution >= 0.6 is 0 Å². The van der Waals surface area contributed by atoms with Crippen LogP contribution in [0.15, 0.2) is 28.7 Å². The van der Waals surface area contributed by atoms with Crippen molar-refractivity contribution in [1.82, 2.24) is 10.2 Å². The van der Waals surface area contributed by atoms with Crippen LogP contribution in [-0.2, 0) is 17.8 Å². The van der Waals surface area contributed by atoms with Gasteiger partial charge in [-0.3, -0.25) is 4.90 Å². The highest BCUT2D eigenvalue weighted by molar-refractivity contribution is 5.82. The summed E-state index contributed by atoms with van der Waals surface area (Å²) in [7, 11) is 4.11. The summed E-state index contributed by atoms with van der Waals surface area (Å²) < 4.78 is 11.7. The molecule has 0 spiro atoms. The third-order valence-corrected chi connectivity index (χ3v) is 4.09. The van der Waals surface area contributed by atoms with Crippen molar-refractivity contribution < 1.29 is 9.15 Å². The molecule has 1 atom stereocenters. The Labute approximate surface area is 126 Å². The molecule has 1 unspecified atom stereocenters.